The van der Waals surface area contributed by atoms with E-state index in [9.17, 15) is 4.79 Å². The highest BCUT2D eigenvalue weighted by Crippen LogP contribution is 2.33. The van der Waals surface area contributed by atoms with Crippen LogP contribution in [0.3, 0.4) is 0 Å². The molecule has 0 spiro atoms. The van der Waals surface area contributed by atoms with Crippen molar-refractivity contribution in [2.75, 3.05) is 6.54 Å². The molecule has 0 bridgehead atoms. The molecule has 1 N–H and O–H groups in total. The predicted octanol–water partition coefficient (Wildman–Crippen LogP) is 2.39. The van der Waals surface area contributed by atoms with E-state index in [0.717, 1.165) is 29.8 Å². The molecule has 1 aromatic carbocycles. The maximum atomic E-state index is 12.4. The normalized spacial score (nSPS) is 16.7. The van der Waals surface area contributed by atoms with E-state index in [0.29, 0.717) is 6.04 Å². The standard InChI is InChI=1S/C16H20N2O/c1-2-17-15(13-7-8-13)11-18-10-9-12-5-3-4-6-14(12)16(18)19/h3-6,9-10,13,15,17H,2,7-8,11H2,1H3. The average molecular weight is 256 g/mol. The first kappa shape index (κ1) is 12.4. The summed E-state index contributed by atoms with van der Waals surface area (Å²) in [6.07, 6.45) is 4.51. The molecule has 1 aliphatic carbocycles. The number of pyridine rings is 1. The van der Waals surface area contributed by atoms with Gasteiger partial charge in [-0.1, -0.05) is 25.1 Å². The molecule has 0 saturated heterocycles. The Morgan fingerprint density at radius 2 is 2.11 bits per heavy atom. The van der Waals surface area contributed by atoms with Crippen molar-refractivity contribution in [3.63, 3.8) is 0 Å². The molecular weight excluding hydrogens is 236 g/mol. The first-order valence-electron chi connectivity index (χ1n) is 7.11. The molecule has 100 valence electrons. The van der Waals surface area contributed by atoms with Crippen molar-refractivity contribution in [1.29, 1.82) is 0 Å². The van der Waals surface area contributed by atoms with Crippen LogP contribution in [0.15, 0.2) is 41.3 Å². The Morgan fingerprint density at radius 1 is 1.32 bits per heavy atom. The van der Waals surface area contributed by atoms with E-state index < -0.39 is 0 Å². The molecule has 3 rings (SSSR count). The molecule has 0 radical (unpaired) electrons. The third kappa shape index (κ3) is 2.56. The molecule has 1 fully saturated rings. The monoisotopic (exact) mass is 256 g/mol. The van der Waals surface area contributed by atoms with E-state index in [2.05, 4.69) is 12.2 Å². The summed E-state index contributed by atoms with van der Waals surface area (Å²) in [5.41, 5.74) is 0.127. The molecule has 1 unspecified atom stereocenters. The van der Waals surface area contributed by atoms with Crippen LogP contribution >= 0.6 is 0 Å². The molecule has 0 aliphatic heterocycles. The van der Waals surface area contributed by atoms with Crippen LogP contribution < -0.4 is 10.9 Å². The lowest BCUT2D eigenvalue weighted by atomic mass is 10.1. The third-order valence-electron chi connectivity index (χ3n) is 3.94. The van der Waals surface area contributed by atoms with Crippen LogP contribution in [0.2, 0.25) is 0 Å². The third-order valence-corrected chi connectivity index (χ3v) is 3.94. The Balaban J connectivity index is 1.92. The topological polar surface area (TPSA) is 34.0 Å². The predicted molar refractivity (Wildman–Crippen MR) is 78.4 cm³/mol. The van der Waals surface area contributed by atoms with Crippen molar-refractivity contribution in [3.05, 3.63) is 46.9 Å². The summed E-state index contributed by atoms with van der Waals surface area (Å²) < 4.78 is 1.86. The molecular formula is C16H20N2O. The van der Waals surface area contributed by atoms with Gasteiger partial charge in [-0.15, -0.1) is 0 Å². The van der Waals surface area contributed by atoms with Crippen molar-refractivity contribution in [2.24, 2.45) is 5.92 Å². The van der Waals surface area contributed by atoms with Crippen LogP contribution in [-0.2, 0) is 6.54 Å². The van der Waals surface area contributed by atoms with Gasteiger partial charge in [0.05, 0.1) is 0 Å². The second-order valence-corrected chi connectivity index (χ2v) is 5.36. The van der Waals surface area contributed by atoms with Crippen LogP contribution in [0.1, 0.15) is 19.8 Å². The Kier molecular flexibility index (Phi) is 3.38. The van der Waals surface area contributed by atoms with Gasteiger partial charge < -0.3 is 9.88 Å². The highest BCUT2D eigenvalue weighted by atomic mass is 16.1. The van der Waals surface area contributed by atoms with E-state index in [4.69, 9.17) is 0 Å². The first-order valence-corrected chi connectivity index (χ1v) is 7.11. The zero-order valence-electron chi connectivity index (χ0n) is 11.3. The van der Waals surface area contributed by atoms with Gasteiger partial charge in [0, 0.05) is 24.2 Å². The van der Waals surface area contributed by atoms with Crippen LogP contribution in [0.25, 0.3) is 10.8 Å². The minimum atomic E-state index is 0.127. The van der Waals surface area contributed by atoms with Crippen LogP contribution in [0, 0.1) is 5.92 Å². The summed E-state index contributed by atoms with van der Waals surface area (Å²) in [5, 5.41) is 5.35. The quantitative estimate of drug-likeness (QED) is 0.891. The lowest BCUT2D eigenvalue weighted by molar-refractivity contribution is 0.411. The summed E-state index contributed by atoms with van der Waals surface area (Å²) in [4.78, 5) is 12.4. The van der Waals surface area contributed by atoms with Crippen molar-refractivity contribution >= 4 is 10.8 Å². The van der Waals surface area contributed by atoms with Crippen molar-refractivity contribution in [2.45, 2.75) is 32.4 Å². The Morgan fingerprint density at radius 3 is 2.84 bits per heavy atom. The fourth-order valence-electron chi connectivity index (χ4n) is 2.73. The summed E-state index contributed by atoms with van der Waals surface area (Å²) in [6, 6.07) is 10.3. The molecule has 1 saturated carbocycles. The number of fused-ring (bicyclic) bond motifs is 1. The van der Waals surface area contributed by atoms with Gasteiger partial charge in [-0.3, -0.25) is 4.79 Å². The molecule has 1 heterocycles. The van der Waals surface area contributed by atoms with E-state index in [-0.39, 0.29) is 5.56 Å². The zero-order valence-corrected chi connectivity index (χ0v) is 11.3. The van der Waals surface area contributed by atoms with E-state index in [1.54, 1.807) is 0 Å². The molecule has 1 aliphatic rings. The van der Waals surface area contributed by atoms with Crippen LogP contribution in [0.4, 0.5) is 0 Å². The van der Waals surface area contributed by atoms with Gasteiger partial charge in [0.15, 0.2) is 0 Å². The van der Waals surface area contributed by atoms with Crippen molar-refractivity contribution in [1.82, 2.24) is 9.88 Å². The Hall–Kier alpha value is -1.61. The number of benzene rings is 1. The fraction of sp³-hybridized carbons (Fsp3) is 0.438. The maximum Gasteiger partial charge on any atom is 0.258 e. The second kappa shape index (κ2) is 5.17. The number of hydrogen-bond acceptors (Lipinski definition) is 2. The molecule has 2 aromatic rings. The highest BCUT2D eigenvalue weighted by molar-refractivity contribution is 5.81. The lowest BCUT2D eigenvalue weighted by Gasteiger charge is -2.18. The summed E-state index contributed by atoms with van der Waals surface area (Å²) >= 11 is 0. The van der Waals surface area contributed by atoms with Gasteiger partial charge in [0.25, 0.3) is 5.56 Å². The van der Waals surface area contributed by atoms with Crippen molar-refractivity contribution < 1.29 is 0 Å². The fourth-order valence-corrected chi connectivity index (χ4v) is 2.73. The van der Waals surface area contributed by atoms with Gasteiger partial charge in [0.2, 0.25) is 0 Å². The van der Waals surface area contributed by atoms with E-state index in [1.807, 2.05) is 41.1 Å². The summed E-state index contributed by atoms with van der Waals surface area (Å²) in [5.74, 6) is 0.748. The summed E-state index contributed by atoms with van der Waals surface area (Å²) in [6.45, 7) is 3.87. The SMILES string of the molecule is CCNC(Cn1ccc2ccccc2c1=O)C1CC1. The number of hydrogen-bond donors (Lipinski definition) is 1. The minimum absolute atomic E-state index is 0.127. The maximum absolute atomic E-state index is 12.4. The van der Waals surface area contributed by atoms with Crippen molar-refractivity contribution in [3.8, 4) is 0 Å². The van der Waals surface area contributed by atoms with Crippen LogP contribution in [-0.4, -0.2) is 17.2 Å². The van der Waals surface area contributed by atoms with Crippen LogP contribution in [0.5, 0.6) is 0 Å². The minimum Gasteiger partial charge on any atom is -0.313 e. The molecule has 1 aromatic heterocycles. The summed E-state index contributed by atoms with van der Waals surface area (Å²) in [7, 11) is 0. The smallest absolute Gasteiger partial charge is 0.258 e. The molecule has 0 amide bonds. The lowest BCUT2D eigenvalue weighted by Crippen LogP contribution is -2.38. The van der Waals surface area contributed by atoms with E-state index in [1.165, 1.54) is 12.8 Å². The zero-order chi connectivity index (χ0) is 13.2. The molecule has 1 atom stereocenters. The number of aromatic nitrogens is 1. The number of nitrogens with one attached hydrogen (secondary N) is 1. The van der Waals surface area contributed by atoms with E-state index >= 15 is 0 Å². The first-order chi connectivity index (χ1) is 9.29. The Labute approximate surface area is 113 Å². The number of nitrogens with zero attached hydrogens (tertiary/aromatic N) is 1. The Bertz CT molecular complexity index is 628. The van der Waals surface area contributed by atoms with Gasteiger partial charge >= 0.3 is 0 Å². The molecule has 3 nitrogen and oxygen atoms in total. The highest BCUT2D eigenvalue weighted by Gasteiger charge is 2.30. The van der Waals surface area contributed by atoms with Gasteiger partial charge in [0.1, 0.15) is 0 Å². The number of rotatable bonds is 5. The molecule has 3 heteroatoms. The largest absolute Gasteiger partial charge is 0.313 e. The average Bonchev–Trinajstić information content (AvgIpc) is 3.26. The molecule has 19 heavy (non-hydrogen) atoms. The van der Waals surface area contributed by atoms with Gasteiger partial charge in [-0.05, 0) is 42.8 Å². The van der Waals surface area contributed by atoms with Gasteiger partial charge in [-0.25, -0.2) is 0 Å². The second-order valence-electron chi connectivity index (χ2n) is 5.36. The van der Waals surface area contributed by atoms with Gasteiger partial charge in [-0.2, -0.15) is 0 Å². The number of likely N-dealkylation sites (N-methyl/N-ethyl adjacent to an activating group) is 1.